The highest BCUT2D eigenvalue weighted by atomic mass is 16.5. The lowest BCUT2D eigenvalue weighted by Crippen LogP contribution is -2.30. The molecule has 1 fully saturated rings. The van der Waals surface area contributed by atoms with Crippen LogP contribution in [-0.4, -0.2) is 36.5 Å². The third-order valence-electron chi connectivity index (χ3n) is 3.12. The average Bonchev–Trinajstić information content (AvgIpc) is 2.66. The van der Waals surface area contributed by atoms with Crippen molar-refractivity contribution >= 4 is 5.91 Å². The number of ether oxygens (including phenoxy) is 1. The summed E-state index contributed by atoms with van der Waals surface area (Å²) < 4.78 is 5.46. The molecule has 98 valence electrons. The summed E-state index contributed by atoms with van der Waals surface area (Å²) in [6, 6.07) is 8.03. The van der Waals surface area contributed by atoms with Gasteiger partial charge in [0.15, 0.2) is 0 Å². The second-order valence-corrected chi connectivity index (χ2v) is 4.63. The number of benzene rings is 1. The van der Waals surface area contributed by atoms with E-state index in [0.717, 1.165) is 18.7 Å². The SMILES string of the molecule is CCOc1cccc(CCN2CC(N)CC2=O)c1. The summed E-state index contributed by atoms with van der Waals surface area (Å²) in [4.78, 5) is 13.4. The van der Waals surface area contributed by atoms with Crippen LogP contribution < -0.4 is 10.5 Å². The van der Waals surface area contributed by atoms with Crippen LogP contribution in [0.15, 0.2) is 24.3 Å². The summed E-state index contributed by atoms with van der Waals surface area (Å²) in [6.45, 7) is 4.06. The van der Waals surface area contributed by atoms with Crippen LogP contribution in [-0.2, 0) is 11.2 Å². The quantitative estimate of drug-likeness (QED) is 0.851. The second-order valence-electron chi connectivity index (χ2n) is 4.63. The van der Waals surface area contributed by atoms with Crippen molar-refractivity contribution in [2.24, 2.45) is 5.73 Å². The van der Waals surface area contributed by atoms with E-state index in [4.69, 9.17) is 10.5 Å². The van der Waals surface area contributed by atoms with Crippen LogP contribution in [0.5, 0.6) is 5.75 Å². The van der Waals surface area contributed by atoms with Gasteiger partial charge in [-0.25, -0.2) is 0 Å². The molecule has 2 N–H and O–H groups in total. The van der Waals surface area contributed by atoms with Gasteiger partial charge < -0.3 is 15.4 Å². The van der Waals surface area contributed by atoms with E-state index in [9.17, 15) is 4.79 Å². The number of carbonyl (C=O) groups excluding carboxylic acids is 1. The molecule has 1 aliphatic heterocycles. The van der Waals surface area contributed by atoms with Crippen molar-refractivity contribution in [2.75, 3.05) is 19.7 Å². The Labute approximate surface area is 108 Å². The zero-order valence-electron chi connectivity index (χ0n) is 10.8. The van der Waals surface area contributed by atoms with Crippen molar-refractivity contribution in [2.45, 2.75) is 25.8 Å². The van der Waals surface area contributed by atoms with Crippen molar-refractivity contribution in [3.05, 3.63) is 29.8 Å². The van der Waals surface area contributed by atoms with Crippen molar-refractivity contribution in [3.8, 4) is 5.75 Å². The fraction of sp³-hybridized carbons (Fsp3) is 0.500. The highest BCUT2D eigenvalue weighted by molar-refractivity contribution is 5.79. The first kappa shape index (κ1) is 12.9. The van der Waals surface area contributed by atoms with Crippen LogP contribution in [0.25, 0.3) is 0 Å². The summed E-state index contributed by atoms with van der Waals surface area (Å²) in [5.74, 6) is 1.06. The maximum absolute atomic E-state index is 11.6. The number of hydrogen-bond donors (Lipinski definition) is 1. The molecular weight excluding hydrogens is 228 g/mol. The van der Waals surface area contributed by atoms with Gasteiger partial charge in [-0.05, 0) is 31.0 Å². The van der Waals surface area contributed by atoms with E-state index < -0.39 is 0 Å². The molecule has 18 heavy (non-hydrogen) atoms. The number of amides is 1. The molecule has 1 heterocycles. The van der Waals surface area contributed by atoms with Gasteiger partial charge in [0.2, 0.25) is 5.91 Å². The Balaban J connectivity index is 1.90. The summed E-state index contributed by atoms with van der Waals surface area (Å²) in [5.41, 5.74) is 6.95. The molecule has 1 atom stereocenters. The Kier molecular flexibility index (Phi) is 4.20. The molecule has 1 saturated heterocycles. The van der Waals surface area contributed by atoms with Gasteiger partial charge in [0.25, 0.3) is 0 Å². The predicted molar refractivity (Wildman–Crippen MR) is 70.5 cm³/mol. The first-order valence-corrected chi connectivity index (χ1v) is 6.44. The zero-order chi connectivity index (χ0) is 13.0. The number of carbonyl (C=O) groups is 1. The Hall–Kier alpha value is -1.55. The van der Waals surface area contributed by atoms with Gasteiger partial charge >= 0.3 is 0 Å². The smallest absolute Gasteiger partial charge is 0.224 e. The number of nitrogens with zero attached hydrogens (tertiary/aromatic N) is 1. The molecule has 0 bridgehead atoms. The van der Waals surface area contributed by atoms with Gasteiger partial charge in [-0.2, -0.15) is 0 Å². The Morgan fingerprint density at radius 2 is 2.33 bits per heavy atom. The van der Waals surface area contributed by atoms with Gasteiger partial charge in [-0.15, -0.1) is 0 Å². The molecule has 1 unspecified atom stereocenters. The highest BCUT2D eigenvalue weighted by Crippen LogP contribution is 2.15. The average molecular weight is 248 g/mol. The zero-order valence-corrected chi connectivity index (χ0v) is 10.8. The van der Waals surface area contributed by atoms with E-state index in [-0.39, 0.29) is 11.9 Å². The number of likely N-dealkylation sites (tertiary alicyclic amines) is 1. The molecule has 2 rings (SSSR count). The van der Waals surface area contributed by atoms with Crippen molar-refractivity contribution in [1.29, 1.82) is 0 Å². The Morgan fingerprint density at radius 1 is 1.50 bits per heavy atom. The minimum absolute atomic E-state index is 0.00672. The van der Waals surface area contributed by atoms with Crippen LogP contribution in [0.4, 0.5) is 0 Å². The fourth-order valence-electron chi connectivity index (χ4n) is 2.24. The predicted octanol–water partition coefficient (Wildman–Crippen LogP) is 1.19. The van der Waals surface area contributed by atoms with Crippen LogP contribution in [0.1, 0.15) is 18.9 Å². The number of hydrogen-bond acceptors (Lipinski definition) is 3. The molecule has 0 aliphatic carbocycles. The van der Waals surface area contributed by atoms with Gasteiger partial charge in [0, 0.05) is 25.6 Å². The molecule has 1 aliphatic rings. The maximum atomic E-state index is 11.6. The van der Waals surface area contributed by atoms with E-state index in [1.165, 1.54) is 5.56 Å². The van der Waals surface area contributed by atoms with Gasteiger partial charge in [0.05, 0.1) is 6.61 Å². The molecule has 0 radical (unpaired) electrons. The van der Waals surface area contributed by atoms with Crippen LogP contribution in [0.3, 0.4) is 0 Å². The number of nitrogens with two attached hydrogens (primary N) is 1. The van der Waals surface area contributed by atoms with E-state index in [1.54, 1.807) is 0 Å². The molecule has 0 aromatic heterocycles. The third kappa shape index (κ3) is 3.23. The minimum atomic E-state index is 0.00672. The Morgan fingerprint density at radius 3 is 3.00 bits per heavy atom. The van der Waals surface area contributed by atoms with Crippen molar-refractivity contribution in [3.63, 3.8) is 0 Å². The maximum Gasteiger partial charge on any atom is 0.224 e. The normalized spacial score (nSPS) is 19.3. The van der Waals surface area contributed by atoms with E-state index in [2.05, 4.69) is 6.07 Å². The summed E-state index contributed by atoms with van der Waals surface area (Å²) in [5, 5.41) is 0. The molecule has 1 aromatic rings. The third-order valence-corrected chi connectivity index (χ3v) is 3.12. The molecule has 4 nitrogen and oxygen atoms in total. The van der Waals surface area contributed by atoms with Crippen molar-refractivity contribution < 1.29 is 9.53 Å². The standard InChI is InChI=1S/C14H20N2O2/c1-2-18-13-5-3-4-11(8-13)6-7-16-10-12(15)9-14(16)17/h3-5,8,12H,2,6-7,9-10,15H2,1H3. The first-order valence-electron chi connectivity index (χ1n) is 6.44. The topological polar surface area (TPSA) is 55.6 Å². The van der Waals surface area contributed by atoms with Crippen LogP contribution >= 0.6 is 0 Å². The van der Waals surface area contributed by atoms with Gasteiger partial charge in [-0.3, -0.25) is 4.79 Å². The summed E-state index contributed by atoms with van der Waals surface area (Å²) >= 11 is 0. The molecule has 0 spiro atoms. The molecule has 1 amide bonds. The molecule has 4 heteroatoms. The van der Waals surface area contributed by atoms with Gasteiger partial charge in [-0.1, -0.05) is 12.1 Å². The second kappa shape index (κ2) is 5.87. The molecular formula is C14H20N2O2. The van der Waals surface area contributed by atoms with E-state index in [0.29, 0.717) is 19.6 Å². The first-order chi connectivity index (χ1) is 8.69. The summed E-state index contributed by atoms with van der Waals surface area (Å²) in [6.07, 6.45) is 1.33. The largest absolute Gasteiger partial charge is 0.494 e. The molecule has 1 aromatic carbocycles. The fourth-order valence-corrected chi connectivity index (χ4v) is 2.24. The lowest BCUT2D eigenvalue weighted by atomic mass is 10.1. The van der Waals surface area contributed by atoms with E-state index >= 15 is 0 Å². The summed E-state index contributed by atoms with van der Waals surface area (Å²) in [7, 11) is 0. The van der Waals surface area contributed by atoms with E-state index in [1.807, 2.05) is 30.0 Å². The lowest BCUT2D eigenvalue weighted by molar-refractivity contribution is -0.127. The van der Waals surface area contributed by atoms with Crippen molar-refractivity contribution in [1.82, 2.24) is 4.90 Å². The van der Waals surface area contributed by atoms with Gasteiger partial charge in [0.1, 0.15) is 5.75 Å². The Bertz CT molecular complexity index is 420. The minimum Gasteiger partial charge on any atom is -0.494 e. The number of rotatable bonds is 5. The molecule has 0 saturated carbocycles. The monoisotopic (exact) mass is 248 g/mol. The highest BCUT2D eigenvalue weighted by Gasteiger charge is 2.26. The van der Waals surface area contributed by atoms with Crippen LogP contribution in [0.2, 0.25) is 0 Å². The van der Waals surface area contributed by atoms with Crippen LogP contribution in [0, 0.1) is 0 Å². The lowest BCUT2D eigenvalue weighted by Gasteiger charge is -2.16.